The number of carbonyl (C=O) groups is 1. The van der Waals surface area contributed by atoms with E-state index in [1.54, 1.807) is 18.4 Å². The number of methoxy groups -OCH3 is 1. The van der Waals surface area contributed by atoms with Crippen molar-refractivity contribution >= 4 is 17.2 Å². The maximum atomic E-state index is 12.9. The maximum absolute atomic E-state index is 12.9. The minimum Gasteiger partial charge on any atom is -0.497 e. The highest BCUT2D eigenvalue weighted by molar-refractivity contribution is 7.10. The molecule has 2 heterocycles. The molecule has 5 heteroatoms. The van der Waals surface area contributed by atoms with E-state index < -0.39 is 6.10 Å². The molecule has 0 bridgehead atoms. The van der Waals surface area contributed by atoms with Crippen molar-refractivity contribution in [1.82, 2.24) is 4.90 Å². The number of benzene rings is 1. The Kier molecular flexibility index (Phi) is 5.09. The summed E-state index contributed by atoms with van der Waals surface area (Å²) in [5, 5.41) is 2.12. The van der Waals surface area contributed by atoms with E-state index in [9.17, 15) is 4.79 Å². The molecule has 4 nitrogen and oxygen atoms in total. The monoisotopic (exact) mass is 345 g/mol. The van der Waals surface area contributed by atoms with Crippen LogP contribution in [0.1, 0.15) is 36.8 Å². The number of amides is 1. The predicted octanol–water partition coefficient (Wildman–Crippen LogP) is 4.06. The highest BCUT2D eigenvalue weighted by Crippen LogP contribution is 2.35. The minimum atomic E-state index is -0.507. The Morgan fingerprint density at radius 2 is 2.00 bits per heavy atom. The van der Waals surface area contributed by atoms with Crippen LogP contribution in [0.25, 0.3) is 0 Å². The highest BCUT2D eigenvalue weighted by Gasteiger charge is 2.33. The fourth-order valence-electron chi connectivity index (χ4n) is 3.24. The lowest BCUT2D eigenvalue weighted by molar-refractivity contribution is -0.141. The van der Waals surface area contributed by atoms with Crippen LogP contribution in [-0.4, -0.2) is 30.6 Å². The Balaban J connectivity index is 1.70. The zero-order chi connectivity index (χ0) is 17.1. The average molecular weight is 345 g/mol. The van der Waals surface area contributed by atoms with Gasteiger partial charge in [-0.15, -0.1) is 11.3 Å². The lowest BCUT2D eigenvalue weighted by Gasteiger charge is -2.36. The second-order valence-corrected chi connectivity index (χ2v) is 6.94. The van der Waals surface area contributed by atoms with Gasteiger partial charge in [-0.2, -0.15) is 0 Å². The molecule has 128 valence electrons. The van der Waals surface area contributed by atoms with Crippen LogP contribution in [0.5, 0.6) is 11.5 Å². The number of thiophene rings is 1. The molecule has 0 saturated heterocycles. The van der Waals surface area contributed by atoms with Gasteiger partial charge in [-0.05, 0) is 61.0 Å². The Labute approximate surface area is 147 Å². The van der Waals surface area contributed by atoms with E-state index in [0.29, 0.717) is 5.75 Å². The quantitative estimate of drug-likeness (QED) is 0.820. The van der Waals surface area contributed by atoms with Gasteiger partial charge in [0, 0.05) is 11.4 Å². The van der Waals surface area contributed by atoms with Gasteiger partial charge >= 0.3 is 0 Å². The molecule has 1 amide bonds. The Morgan fingerprint density at radius 3 is 2.67 bits per heavy atom. The number of carbonyl (C=O) groups excluding carboxylic acids is 1. The fraction of sp³-hybridized carbons (Fsp3) is 0.421. The number of hydrogen-bond acceptors (Lipinski definition) is 4. The summed E-state index contributed by atoms with van der Waals surface area (Å²) in [6, 6.07) is 9.64. The van der Waals surface area contributed by atoms with Crippen LogP contribution in [0.4, 0.5) is 0 Å². The summed E-state index contributed by atoms with van der Waals surface area (Å²) in [6.45, 7) is 4.72. The van der Waals surface area contributed by atoms with Crippen molar-refractivity contribution in [2.24, 2.45) is 0 Å². The lowest BCUT2D eigenvalue weighted by atomic mass is 9.97. The summed E-state index contributed by atoms with van der Waals surface area (Å²) < 4.78 is 11.0. The molecule has 3 rings (SSSR count). The van der Waals surface area contributed by atoms with E-state index in [4.69, 9.17) is 9.47 Å². The molecule has 0 fully saturated rings. The third kappa shape index (κ3) is 3.26. The molecular weight excluding hydrogens is 322 g/mol. The predicted molar refractivity (Wildman–Crippen MR) is 95.9 cm³/mol. The second kappa shape index (κ2) is 7.26. The first-order valence-electron chi connectivity index (χ1n) is 8.31. The zero-order valence-corrected chi connectivity index (χ0v) is 15.1. The minimum absolute atomic E-state index is 0.0505. The third-order valence-electron chi connectivity index (χ3n) is 4.48. The van der Waals surface area contributed by atoms with Crippen molar-refractivity contribution in [3.63, 3.8) is 0 Å². The van der Waals surface area contributed by atoms with Gasteiger partial charge in [-0.3, -0.25) is 4.79 Å². The topological polar surface area (TPSA) is 38.8 Å². The molecule has 1 aliphatic heterocycles. The molecule has 0 saturated carbocycles. The summed E-state index contributed by atoms with van der Waals surface area (Å²) in [4.78, 5) is 16.3. The molecular formula is C19H23NO3S. The van der Waals surface area contributed by atoms with E-state index >= 15 is 0 Å². The molecule has 2 aromatic rings. The largest absolute Gasteiger partial charge is 0.497 e. The van der Waals surface area contributed by atoms with Crippen LogP contribution in [0.3, 0.4) is 0 Å². The van der Waals surface area contributed by atoms with E-state index in [2.05, 4.69) is 18.4 Å². The van der Waals surface area contributed by atoms with Gasteiger partial charge in [0.2, 0.25) is 0 Å². The number of hydrogen-bond donors (Lipinski definition) is 0. The van der Waals surface area contributed by atoms with Crippen LogP contribution >= 0.6 is 11.3 Å². The smallest absolute Gasteiger partial charge is 0.263 e. The Morgan fingerprint density at radius 1 is 1.29 bits per heavy atom. The first-order chi connectivity index (χ1) is 11.6. The normalized spacial score (nSPS) is 18.0. The third-order valence-corrected chi connectivity index (χ3v) is 5.48. The molecule has 1 aromatic carbocycles. The van der Waals surface area contributed by atoms with Crippen molar-refractivity contribution in [1.29, 1.82) is 0 Å². The maximum Gasteiger partial charge on any atom is 0.263 e. The molecule has 0 aliphatic carbocycles. The first kappa shape index (κ1) is 16.8. The van der Waals surface area contributed by atoms with Crippen LogP contribution in [0, 0.1) is 0 Å². The van der Waals surface area contributed by atoms with Crippen molar-refractivity contribution in [2.75, 3.05) is 13.7 Å². The molecule has 1 aromatic heterocycles. The van der Waals surface area contributed by atoms with E-state index in [0.717, 1.165) is 25.1 Å². The van der Waals surface area contributed by atoms with Crippen molar-refractivity contribution < 1.29 is 14.3 Å². The van der Waals surface area contributed by atoms with E-state index in [1.807, 2.05) is 36.1 Å². The van der Waals surface area contributed by atoms with Crippen molar-refractivity contribution in [3.05, 3.63) is 46.2 Å². The van der Waals surface area contributed by atoms with Crippen LogP contribution in [0.2, 0.25) is 0 Å². The van der Waals surface area contributed by atoms with E-state index in [1.165, 1.54) is 10.4 Å². The average Bonchev–Trinajstić information content (AvgIpc) is 3.09. The molecule has 2 atom stereocenters. The van der Waals surface area contributed by atoms with Gasteiger partial charge in [0.1, 0.15) is 11.5 Å². The second-order valence-electron chi connectivity index (χ2n) is 5.94. The molecule has 0 spiro atoms. The summed E-state index contributed by atoms with van der Waals surface area (Å²) >= 11 is 1.79. The summed E-state index contributed by atoms with van der Waals surface area (Å²) in [5.41, 5.74) is 1.30. The highest BCUT2D eigenvalue weighted by atomic mass is 32.1. The first-order valence-corrected chi connectivity index (χ1v) is 9.19. The molecule has 24 heavy (non-hydrogen) atoms. The van der Waals surface area contributed by atoms with Gasteiger partial charge in [0.15, 0.2) is 6.10 Å². The molecule has 1 aliphatic rings. The molecule has 2 unspecified atom stereocenters. The molecule has 0 radical (unpaired) electrons. The van der Waals surface area contributed by atoms with Gasteiger partial charge < -0.3 is 14.4 Å². The number of fused-ring (bicyclic) bond motifs is 1. The Hall–Kier alpha value is -2.01. The lowest BCUT2D eigenvalue weighted by Crippen LogP contribution is -2.45. The zero-order valence-electron chi connectivity index (χ0n) is 14.3. The van der Waals surface area contributed by atoms with E-state index in [-0.39, 0.29) is 11.9 Å². The SMILES string of the molecule is CCC1c2ccsc2CCN1C(=O)C(C)Oc1ccc(OC)cc1. The number of nitrogens with zero attached hydrogens (tertiary/aromatic N) is 1. The van der Waals surface area contributed by atoms with Gasteiger partial charge in [-0.1, -0.05) is 6.92 Å². The number of ether oxygens (including phenoxy) is 2. The number of rotatable bonds is 5. The van der Waals surface area contributed by atoms with Crippen LogP contribution in [0.15, 0.2) is 35.7 Å². The van der Waals surface area contributed by atoms with Gasteiger partial charge in [-0.25, -0.2) is 0 Å². The fourth-order valence-corrected chi connectivity index (χ4v) is 4.17. The van der Waals surface area contributed by atoms with Crippen LogP contribution in [-0.2, 0) is 11.2 Å². The van der Waals surface area contributed by atoms with Crippen LogP contribution < -0.4 is 9.47 Å². The van der Waals surface area contributed by atoms with Crippen molar-refractivity contribution in [3.8, 4) is 11.5 Å². The summed E-state index contributed by atoms with van der Waals surface area (Å²) in [7, 11) is 1.63. The van der Waals surface area contributed by atoms with Gasteiger partial charge in [0.05, 0.1) is 13.2 Å². The summed E-state index contributed by atoms with van der Waals surface area (Å²) in [6.07, 6.45) is 1.35. The standard InChI is InChI=1S/C19H23NO3S/c1-4-17-16-10-12-24-18(16)9-11-20(17)19(21)13(2)23-15-7-5-14(22-3)6-8-15/h5-8,10,12-13,17H,4,9,11H2,1-3H3. The van der Waals surface area contributed by atoms with Gasteiger partial charge in [0.25, 0.3) is 5.91 Å². The summed E-state index contributed by atoms with van der Waals surface area (Å²) in [5.74, 6) is 1.50. The molecule has 0 N–H and O–H groups in total. The van der Waals surface area contributed by atoms with Crippen molar-refractivity contribution in [2.45, 2.75) is 38.8 Å². The Bertz CT molecular complexity index is 695.